The second-order valence-corrected chi connectivity index (χ2v) is 2.92. The molecule has 1 aliphatic heterocycles. The molecule has 1 aliphatic rings. The van der Waals surface area contributed by atoms with E-state index in [-0.39, 0.29) is 0 Å². The first-order valence-corrected chi connectivity index (χ1v) is 4.04. The molecule has 68 valence electrons. The summed E-state index contributed by atoms with van der Waals surface area (Å²) in [6.45, 7) is 7.22. The van der Waals surface area contributed by atoms with Gasteiger partial charge in [0.15, 0.2) is 0 Å². The first-order chi connectivity index (χ1) is 5.70. The number of ether oxygens (including phenoxy) is 1. The molecule has 12 heavy (non-hydrogen) atoms. The van der Waals surface area contributed by atoms with E-state index in [9.17, 15) is 0 Å². The summed E-state index contributed by atoms with van der Waals surface area (Å²) < 4.78 is 5.15. The summed E-state index contributed by atoms with van der Waals surface area (Å²) in [5, 5.41) is 17.5. The van der Waals surface area contributed by atoms with Gasteiger partial charge in [-0.05, 0) is 5.47 Å². The summed E-state index contributed by atoms with van der Waals surface area (Å²) in [5.74, 6) is 0. The molecule has 0 aromatic heterocycles. The zero-order chi connectivity index (χ0) is 8.97. The Balaban J connectivity index is 2.24. The summed E-state index contributed by atoms with van der Waals surface area (Å²) >= 11 is 0. The number of rotatable bonds is 3. The van der Waals surface area contributed by atoms with Crippen molar-refractivity contribution in [1.29, 1.82) is 0 Å². The van der Waals surface area contributed by atoms with E-state index in [1.54, 1.807) is 0 Å². The van der Waals surface area contributed by atoms with Crippen LogP contribution in [0.15, 0.2) is 12.1 Å². The van der Waals surface area contributed by atoms with Gasteiger partial charge in [-0.2, -0.15) is 0 Å². The van der Waals surface area contributed by atoms with Crippen LogP contribution in [-0.2, 0) is 4.74 Å². The fourth-order valence-corrected chi connectivity index (χ4v) is 1.13. The lowest BCUT2D eigenvalue weighted by atomic mass is 9.80. The monoisotopic (exact) mass is 171 g/mol. The molecule has 0 aliphatic carbocycles. The Morgan fingerprint density at radius 3 is 2.50 bits per heavy atom. The summed E-state index contributed by atoms with van der Waals surface area (Å²) in [5.41, 5.74) is 0.442. The minimum atomic E-state index is -1.40. The van der Waals surface area contributed by atoms with Crippen molar-refractivity contribution in [3.63, 3.8) is 0 Å². The third kappa shape index (κ3) is 2.94. The van der Waals surface area contributed by atoms with Crippen LogP contribution < -0.4 is 0 Å². The van der Waals surface area contributed by atoms with Crippen molar-refractivity contribution < 1.29 is 14.8 Å². The summed E-state index contributed by atoms with van der Waals surface area (Å²) in [7, 11) is -1.40. The molecule has 0 unspecified atom stereocenters. The standard InChI is InChI=1S/C7H14BNO3/c1-7(8(10)11)6-9-2-4-12-5-3-9/h10-11H,1-6H2. The van der Waals surface area contributed by atoms with E-state index in [2.05, 4.69) is 11.5 Å². The van der Waals surface area contributed by atoms with E-state index in [1.807, 2.05) is 0 Å². The zero-order valence-electron chi connectivity index (χ0n) is 7.07. The molecule has 2 N–H and O–H groups in total. The van der Waals surface area contributed by atoms with Gasteiger partial charge in [-0.1, -0.05) is 0 Å². The maximum absolute atomic E-state index is 8.75. The molecule has 0 radical (unpaired) electrons. The molecule has 4 nitrogen and oxygen atoms in total. The lowest BCUT2D eigenvalue weighted by Gasteiger charge is -2.27. The Kier molecular flexibility index (Phi) is 3.74. The minimum Gasteiger partial charge on any atom is -0.423 e. The van der Waals surface area contributed by atoms with Crippen LogP contribution in [0.1, 0.15) is 0 Å². The molecular weight excluding hydrogens is 157 g/mol. The second kappa shape index (κ2) is 4.62. The van der Waals surface area contributed by atoms with Crippen LogP contribution in [0, 0.1) is 0 Å². The zero-order valence-corrected chi connectivity index (χ0v) is 7.07. The SMILES string of the molecule is C=C(CN1CCOCC1)B(O)O. The molecular formula is C7H14BNO3. The molecule has 1 fully saturated rings. The number of hydrogen-bond donors (Lipinski definition) is 2. The maximum Gasteiger partial charge on any atom is 0.484 e. The van der Waals surface area contributed by atoms with Gasteiger partial charge >= 0.3 is 7.12 Å². The van der Waals surface area contributed by atoms with Gasteiger partial charge in [-0.15, -0.1) is 6.58 Å². The summed E-state index contributed by atoms with van der Waals surface area (Å²) in [6.07, 6.45) is 0. The topological polar surface area (TPSA) is 52.9 Å². The molecule has 0 amide bonds. The van der Waals surface area contributed by atoms with Gasteiger partial charge in [0.2, 0.25) is 0 Å². The maximum atomic E-state index is 8.75. The van der Waals surface area contributed by atoms with E-state index >= 15 is 0 Å². The van der Waals surface area contributed by atoms with Gasteiger partial charge in [-0.3, -0.25) is 4.90 Å². The predicted molar refractivity (Wildman–Crippen MR) is 46.6 cm³/mol. The number of morpholine rings is 1. The second-order valence-electron chi connectivity index (χ2n) is 2.92. The predicted octanol–water partition coefficient (Wildman–Crippen LogP) is -1.11. The molecule has 0 atom stereocenters. The van der Waals surface area contributed by atoms with Crippen molar-refractivity contribution >= 4 is 7.12 Å². The fraction of sp³-hybridized carbons (Fsp3) is 0.714. The summed E-state index contributed by atoms with van der Waals surface area (Å²) in [6, 6.07) is 0. The molecule has 1 saturated heterocycles. The Morgan fingerprint density at radius 1 is 1.42 bits per heavy atom. The highest BCUT2D eigenvalue weighted by molar-refractivity contribution is 6.50. The van der Waals surface area contributed by atoms with Gasteiger partial charge in [0, 0.05) is 19.6 Å². The van der Waals surface area contributed by atoms with Gasteiger partial charge in [0.1, 0.15) is 0 Å². The van der Waals surface area contributed by atoms with Crippen LogP contribution in [0.5, 0.6) is 0 Å². The van der Waals surface area contributed by atoms with Crippen molar-refractivity contribution in [2.24, 2.45) is 0 Å². The van der Waals surface area contributed by atoms with Gasteiger partial charge in [-0.25, -0.2) is 0 Å². The number of hydrogen-bond acceptors (Lipinski definition) is 4. The average molecular weight is 171 g/mol. The fourth-order valence-electron chi connectivity index (χ4n) is 1.13. The van der Waals surface area contributed by atoms with Crippen LogP contribution in [0.4, 0.5) is 0 Å². The van der Waals surface area contributed by atoms with Crippen molar-refractivity contribution in [3.05, 3.63) is 12.1 Å². The lowest BCUT2D eigenvalue weighted by Crippen LogP contribution is -2.39. The van der Waals surface area contributed by atoms with E-state index in [0.29, 0.717) is 12.0 Å². The molecule has 0 bridgehead atoms. The van der Waals surface area contributed by atoms with Gasteiger partial charge in [0.25, 0.3) is 0 Å². The van der Waals surface area contributed by atoms with Gasteiger partial charge in [0.05, 0.1) is 13.2 Å². The molecule has 0 aromatic rings. The average Bonchev–Trinajstić information content (AvgIpc) is 2.06. The largest absolute Gasteiger partial charge is 0.484 e. The van der Waals surface area contributed by atoms with Crippen molar-refractivity contribution in [3.8, 4) is 0 Å². The number of nitrogens with zero attached hydrogens (tertiary/aromatic N) is 1. The lowest BCUT2D eigenvalue weighted by molar-refractivity contribution is 0.0426. The molecule has 1 heterocycles. The molecule has 0 saturated carbocycles. The first kappa shape index (κ1) is 9.73. The third-order valence-corrected chi connectivity index (χ3v) is 1.90. The first-order valence-electron chi connectivity index (χ1n) is 4.04. The normalized spacial score (nSPS) is 19.2. The van der Waals surface area contributed by atoms with E-state index in [1.165, 1.54) is 0 Å². The van der Waals surface area contributed by atoms with Crippen LogP contribution >= 0.6 is 0 Å². The molecule has 0 aromatic carbocycles. The molecule has 1 rings (SSSR count). The Morgan fingerprint density at radius 2 is 2.00 bits per heavy atom. The molecule has 0 spiro atoms. The van der Waals surface area contributed by atoms with Crippen molar-refractivity contribution in [2.45, 2.75) is 0 Å². The van der Waals surface area contributed by atoms with Crippen LogP contribution in [0.2, 0.25) is 0 Å². The van der Waals surface area contributed by atoms with E-state index < -0.39 is 7.12 Å². The molecule has 5 heteroatoms. The van der Waals surface area contributed by atoms with Crippen molar-refractivity contribution in [2.75, 3.05) is 32.8 Å². The smallest absolute Gasteiger partial charge is 0.423 e. The van der Waals surface area contributed by atoms with Crippen LogP contribution in [0.25, 0.3) is 0 Å². The highest BCUT2D eigenvalue weighted by Gasteiger charge is 2.17. The Bertz CT molecular complexity index is 157. The minimum absolute atomic E-state index is 0.442. The van der Waals surface area contributed by atoms with Gasteiger partial charge < -0.3 is 14.8 Å². The third-order valence-electron chi connectivity index (χ3n) is 1.90. The summed E-state index contributed by atoms with van der Waals surface area (Å²) in [4.78, 5) is 2.09. The van der Waals surface area contributed by atoms with Crippen LogP contribution in [0.3, 0.4) is 0 Å². The Hall–Kier alpha value is -0.355. The quantitative estimate of drug-likeness (QED) is 0.528. The highest BCUT2D eigenvalue weighted by Crippen LogP contribution is 2.01. The van der Waals surface area contributed by atoms with Crippen LogP contribution in [-0.4, -0.2) is 54.9 Å². The van der Waals surface area contributed by atoms with Crippen molar-refractivity contribution in [1.82, 2.24) is 4.90 Å². The van der Waals surface area contributed by atoms with E-state index in [4.69, 9.17) is 14.8 Å². The van der Waals surface area contributed by atoms with E-state index in [0.717, 1.165) is 26.3 Å². The Labute approximate surface area is 72.6 Å². The highest BCUT2D eigenvalue weighted by atomic mass is 16.5.